The number of thiophene rings is 1. The molecule has 4 heteroatoms. The first-order valence-electron chi connectivity index (χ1n) is 8.10. The van der Waals surface area contributed by atoms with Crippen LogP contribution >= 0.6 is 11.3 Å². The molecular formula is C17H23N3S. The third-order valence-electron chi connectivity index (χ3n) is 4.94. The summed E-state index contributed by atoms with van der Waals surface area (Å²) in [4.78, 5) is 0. The fraction of sp³-hybridized carbons (Fsp3) is 0.647. The van der Waals surface area contributed by atoms with E-state index in [0.717, 1.165) is 30.6 Å². The summed E-state index contributed by atoms with van der Waals surface area (Å²) in [6.07, 6.45) is 6.62. The van der Waals surface area contributed by atoms with Gasteiger partial charge in [-0.2, -0.15) is 11.3 Å². The van der Waals surface area contributed by atoms with E-state index >= 15 is 0 Å². The first-order valence-corrected chi connectivity index (χ1v) is 9.04. The first-order chi connectivity index (χ1) is 10.1. The van der Waals surface area contributed by atoms with Crippen LogP contribution in [0.1, 0.15) is 56.7 Å². The van der Waals surface area contributed by atoms with E-state index in [1.54, 1.807) is 11.3 Å². The second-order valence-electron chi connectivity index (χ2n) is 7.28. The fourth-order valence-electron chi connectivity index (χ4n) is 3.03. The summed E-state index contributed by atoms with van der Waals surface area (Å²) >= 11 is 1.76. The third kappa shape index (κ3) is 2.66. The highest BCUT2D eigenvalue weighted by Crippen LogP contribution is 2.38. The molecule has 0 saturated heterocycles. The van der Waals surface area contributed by atoms with Gasteiger partial charge in [-0.3, -0.25) is 0 Å². The van der Waals surface area contributed by atoms with Gasteiger partial charge in [0, 0.05) is 13.0 Å². The normalized spacial score (nSPS) is 19.1. The van der Waals surface area contributed by atoms with Gasteiger partial charge in [0.25, 0.3) is 0 Å². The molecule has 0 amide bonds. The second-order valence-corrected chi connectivity index (χ2v) is 8.06. The Kier molecular flexibility index (Phi) is 3.18. The summed E-state index contributed by atoms with van der Waals surface area (Å²) in [5, 5.41) is 13.6. The zero-order chi connectivity index (χ0) is 14.4. The molecule has 0 unspecified atom stereocenters. The lowest BCUT2D eigenvalue weighted by atomic mass is 9.85. The largest absolute Gasteiger partial charge is 0.314 e. The van der Waals surface area contributed by atoms with Crippen molar-refractivity contribution in [1.82, 2.24) is 14.8 Å². The summed E-state index contributed by atoms with van der Waals surface area (Å²) < 4.78 is 2.45. The molecule has 0 atom stereocenters. The molecule has 0 radical (unpaired) electrons. The monoisotopic (exact) mass is 301 g/mol. The van der Waals surface area contributed by atoms with Crippen molar-refractivity contribution in [3.63, 3.8) is 0 Å². The minimum atomic E-state index is -0.0519. The Bertz CT molecular complexity index is 619. The van der Waals surface area contributed by atoms with Crippen molar-refractivity contribution in [2.45, 2.75) is 57.9 Å². The van der Waals surface area contributed by atoms with Crippen molar-refractivity contribution < 1.29 is 0 Å². The van der Waals surface area contributed by atoms with Gasteiger partial charge in [-0.25, -0.2) is 0 Å². The summed E-state index contributed by atoms with van der Waals surface area (Å²) in [7, 11) is 0. The molecular weight excluding hydrogens is 278 g/mol. The number of hydrogen-bond donors (Lipinski definition) is 0. The minimum absolute atomic E-state index is 0.0519. The Morgan fingerprint density at radius 1 is 1.19 bits per heavy atom. The Hall–Kier alpha value is -1.16. The van der Waals surface area contributed by atoms with Crippen LogP contribution in [0.4, 0.5) is 0 Å². The number of aromatic nitrogens is 3. The van der Waals surface area contributed by atoms with Crippen molar-refractivity contribution in [3.05, 3.63) is 34.0 Å². The van der Waals surface area contributed by atoms with Crippen LogP contribution in [0.2, 0.25) is 0 Å². The van der Waals surface area contributed by atoms with E-state index in [4.69, 9.17) is 0 Å². The van der Waals surface area contributed by atoms with E-state index in [2.05, 4.69) is 45.4 Å². The molecule has 2 heterocycles. The summed E-state index contributed by atoms with van der Waals surface area (Å²) in [5.74, 6) is 4.10. The summed E-state index contributed by atoms with van der Waals surface area (Å²) in [5.41, 5.74) is 1.30. The molecule has 2 aromatic rings. The highest BCUT2D eigenvalue weighted by atomic mass is 32.1. The molecule has 112 valence electrons. The predicted molar refractivity (Wildman–Crippen MR) is 85.6 cm³/mol. The molecule has 2 aliphatic rings. The van der Waals surface area contributed by atoms with E-state index in [0.29, 0.717) is 0 Å². The Morgan fingerprint density at radius 2 is 1.95 bits per heavy atom. The lowest BCUT2D eigenvalue weighted by Gasteiger charge is -2.24. The van der Waals surface area contributed by atoms with Gasteiger partial charge in [-0.05, 0) is 73.8 Å². The average molecular weight is 301 g/mol. The van der Waals surface area contributed by atoms with Crippen LogP contribution in [-0.2, 0) is 18.4 Å². The van der Waals surface area contributed by atoms with E-state index in [9.17, 15) is 0 Å². The molecule has 0 spiro atoms. The van der Waals surface area contributed by atoms with Crippen LogP contribution in [0, 0.1) is 11.8 Å². The van der Waals surface area contributed by atoms with Crippen molar-refractivity contribution in [2.24, 2.45) is 11.8 Å². The maximum absolute atomic E-state index is 4.62. The zero-order valence-corrected chi connectivity index (χ0v) is 13.7. The van der Waals surface area contributed by atoms with Crippen LogP contribution in [0.15, 0.2) is 16.8 Å². The fourth-order valence-corrected chi connectivity index (χ4v) is 3.85. The molecule has 2 fully saturated rings. The highest BCUT2D eigenvalue weighted by Gasteiger charge is 2.34. The lowest BCUT2D eigenvalue weighted by molar-refractivity contribution is 0.497. The molecule has 0 bridgehead atoms. The van der Waals surface area contributed by atoms with Crippen molar-refractivity contribution >= 4 is 11.3 Å². The van der Waals surface area contributed by atoms with E-state index in [1.165, 1.54) is 37.1 Å². The molecule has 3 nitrogen and oxygen atoms in total. The molecule has 0 N–H and O–H groups in total. The van der Waals surface area contributed by atoms with Crippen LogP contribution in [0.5, 0.6) is 0 Å². The zero-order valence-electron chi connectivity index (χ0n) is 12.9. The quantitative estimate of drug-likeness (QED) is 0.806. The van der Waals surface area contributed by atoms with Crippen LogP contribution < -0.4 is 0 Å². The highest BCUT2D eigenvalue weighted by molar-refractivity contribution is 7.08. The van der Waals surface area contributed by atoms with Crippen molar-refractivity contribution in [3.8, 4) is 0 Å². The average Bonchev–Trinajstić information content (AvgIpc) is 3.33. The van der Waals surface area contributed by atoms with Crippen LogP contribution in [0.3, 0.4) is 0 Å². The topological polar surface area (TPSA) is 30.7 Å². The van der Waals surface area contributed by atoms with Crippen LogP contribution in [0.25, 0.3) is 0 Å². The van der Waals surface area contributed by atoms with Gasteiger partial charge >= 0.3 is 0 Å². The molecule has 4 rings (SSSR count). The second kappa shape index (κ2) is 4.94. The predicted octanol–water partition coefficient (Wildman–Crippen LogP) is 4.03. The third-order valence-corrected chi connectivity index (χ3v) is 5.62. The Labute approximate surface area is 130 Å². The molecule has 0 aromatic carbocycles. The van der Waals surface area contributed by atoms with Crippen molar-refractivity contribution in [2.75, 3.05) is 0 Å². The maximum atomic E-state index is 4.62. The Balaban J connectivity index is 1.70. The summed E-state index contributed by atoms with van der Waals surface area (Å²) in [6.45, 7) is 5.69. The standard InChI is InChI=1S/C17H23N3S/c1-17(2,14-7-8-21-11-14)16-19-18-15(9-12-3-4-12)20(16)10-13-5-6-13/h7-8,11-13H,3-6,9-10H2,1-2H3. The number of hydrogen-bond acceptors (Lipinski definition) is 3. The van der Waals surface area contributed by atoms with Gasteiger partial charge < -0.3 is 4.57 Å². The number of rotatable bonds is 6. The van der Waals surface area contributed by atoms with E-state index in [1.807, 2.05) is 0 Å². The lowest BCUT2D eigenvalue weighted by Crippen LogP contribution is -2.25. The number of nitrogens with zero attached hydrogens (tertiary/aromatic N) is 3. The SMILES string of the molecule is CC(C)(c1ccsc1)c1nnc(CC2CC2)n1CC1CC1. The van der Waals surface area contributed by atoms with Crippen molar-refractivity contribution in [1.29, 1.82) is 0 Å². The maximum Gasteiger partial charge on any atom is 0.143 e. The van der Waals surface area contributed by atoms with E-state index in [-0.39, 0.29) is 5.41 Å². The molecule has 0 aliphatic heterocycles. The van der Waals surface area contributed by atoms with Gasteiger partial charge in [-0.15, -0.1) is 10.2 Å². The molecule has 2 aliphatic carbocycles. The van der Waals surface area contributed by atoms with E-state index < -0.39 is 0 Å². The minimum Gasteiger partial charge on any atom is -0.314 e. The van der Waals surface area contributed by atoms with Gasteiger partial charge in [-0.1, -0.05) is 0 Å². The molecule has 2 aromatic heterocycles. The molecule has 21 heavy (non-hydrogen) atoms. The Morgan fingerprint density at radius 3 is 2.57 bits per heavy atom. The summed E-state index contributed by atoms with van der Waals surface area (Å²) in [6, 6.07) is 2.22. The van der Waals surface area contributed by atoms with Crippen LogP contribution in [-0.4, -0.2) is 14.8 Å². The van der Waals surface area contributed by atoms with Gasteiger partial charge in [0.15, 0.2) is 0 Å². The van der Waals surface area contributed by atoms with Gasteiger partial charge in [0.05, 0.1) is 5.41 Å². The molecule has 2 saturated carbocycles. The van der Waals surface area contributed by atoms with Gasteiger partial charge in [0.1, 0.15) is 11.6 Å². The van der Waals surface area contributed by atoms with Gasteiger partial charge in [0.2, 0.25) is 0 Å². The first kappa shape index (κ1) is 13.5. The smallest absolute Gasteiger partial charge is 0.143 e.